The monoisotopic (exact) mass is 268 g/mol. The van der Waals surface area contributed by atoms with Gasteiger partial charge in [0.15, 0.2) is 11.4 Å². The molecule has 0 heterocycles. The highest BCUT2D eigenvalue weighted by molar-refractivity contribution is 6.02. The fourth-order valence-electron chi connectivity index (χ4n) is 2.27. The smallest absolute Gasteiger partial charge is 0.198 e. The number of ketones is 1. The second-order valence-corrected chi connectivity index (χ2v) is 5.30. The van der Waals surface area contributed by atoms with Gasteiger partial charge in [0.2, 0.25) is 0 Å². The lowest BCUT2D eigenvalue weighted by atomic mass is 9.86. The van der Waals surface area contributed by atoms with Crippen LogP contribution in [0.3, 0.4) is 0 Å². The first-order chi connectivity index (χ1) is 9.47. The van der Waals surface area contributed by atoms with Crippen LogP contribution in [0.15, 0.2) is 48.5 Å². The number of aryl methyl sites for hydroxylation is 2. The molecule has 0 amide bonds. The van der Waals surface area contributed by atoms with Crippen molar-refractivity contribution in [2.24, 2.45) is 0 Å². The third kappa shape index (κ3) is 2.66. The summed E-state index contributed by atoms with van der Waals surface area (Å²) in [4.78, 5) is 12.8. The van der Waals surface area contributed by atoms with Crippen molar-refractivity contribution in [2.45, 2.75) is 26.4 Å². The Kier molecular flexibility index (Phi) is 4.05. The maximum Gasteiger partial charge on any atom is 0.198 e. The fraction of sp³-hybridized carbons (Fsp3) is 0.278. The van der Waals surface area contributed by atoms with Crippen LogP contribution in [0.1, 0.15) is 34.0 Å². The van der Waals surface area contributed by atoms with E-state index in [2.05, 4.69) is 0 Å². The van der Waals surface area contributed by atoms with Gasteiger partial charge in [-0.2, -0.15) is 0 Å². The number of rotatable bonds is 4. The van der Waals surface area contributed by atoms with Gasteiger partial charge < -0.3 is 4.74 Å². The van der Waals surface area contributed by atoms with Crippen molar-refractivity contribution in [1.29, 1.82) is 0 Å². The van der Waals surface area contributed by atoms with E-state index in [0.717, 1.165) is 16.7 Å². The van der Waals surface area contributed by atoms with E-state index in [1.165, 1.54) is 0 Å². The van der Waals surface area contributed by atoms with Crippen molar-refractivity contribution in [3.8, 4) is 0 Å². The van der Waals surface area contributed by atoms with Gasteiger partial charge in [0.05, 0.1) is 0 Å². The molecule has 2 heteroatoms. The molecule has 104 valence electrons. The molecule has 0 aliphatic rings. The van der Waals surface area contributed by atoms with Crippen LogP contribution in [-0.2, 0) is 10.3 Å². The number of hydrogen-bond donors (Lipinski definition) is 0. The van der Waals surface area contributed by atoms with E-state index in [-0.39, 0.29) is 5.78 Å². The molecule has 1 unspecified atom stereocenters. The van der Waals surface area contributed by atoms with E-state index in [0.29, 0.717) is 5.56 Å². The minimum atomic E-state index is -0.957. The summed E-state index contributed by atoms with van der Waals surface area (Å²) in [6.45, 7) is 5.82. The summed E-state index contributed by atoms with van der Waals surface area (Å²) >= 11 is 0. The summed E-state index contributed by atoms with van der Waals surface area (Å²) in [5.41, 5.74) is 2.82. The Labute approximate surface area is 120 Å². The molecule has 0 spiro atoms. The van der Waals surface area contributed by atoms with E-state index < -0.39 is 5.60 Å². The predicted molar refractivity (Wildman–Crippen MR) is 81.0 cm³/mol. The summed E-state index contributed by atoms with van der Waals surface area (Å²) in [6, 6.07) is 15.5. The maximum absolute atomic E-state index is 12.8. The zero-order valence-electron chi connectivity index (χ0n) is 12.4. The molecule has 0 saturated carbocycles. The summed E-state index contributed by atoms with van der Waals surface area (Å²) in [7, 11) is 1.58. The predicted octanol–water partition coefficient (Wildman–Crippen LogP) is 4.05. The molecular formula is C18H20O2. The van der Waals surface area contributed by atoms with E-state index in [1.807, 2.05) is 69.3 Å². The first-order valence-electron chi connectivity index (χ1n) is 6.71. The number of methoxy groups -OCH3 is 1. The van der Waals surface area contributed by atoms with Crippen molar-refractivity contribution in [2.75, 3.05) is 7.11 Å². The van der Waals surface area contributed by atoms with Crippen molar-refractivity contribution in [3.63, 3.8) is 0 Å². The molecule has 0 radical (unpaired) electrons. The molecule has 0 aromatic heterocycles. The van der Waals surface area contributed by atoms with Crippen LogP contribution >= 0.6 is 0 Å². The molecule has 0 bridgehead atoms. The minimum Gasteiger partial charge on any atom is -0.366 e. The Hall–Kier alpha value is -1.93. The van der Waals surface area contributed by atoms with Crippen LogP contribution in [0.4, 0.5) is 0 Å². The molecule has 0 saturated heterocycles. The van der Waals surface area contributed by atoms with E-state index >= 15 is 0 Å². The van der Waals surface area contributed by atoms with Crippen molar-refractivity contribution >= 4 is 5.78 Å². The van der Waals surface area contributed by atoms with Crippen LogP contribution in [0, 0.1) is 13.8 Å². The third-order valence-corrected chi connectivity index (χ3v) is 3.72. The summed E-state index contributed by atoms with van der Waals surface area (Å²) in [5.74, 6) is -0.0208. The summed E-state index contributed by atoms with van der Waals surface area (Å²) in [6.07, 6.45) is 0. The average Bonchev–Trinajstić information content (AvgIpc) is 2.46. The highest BCUT2D eigenvalue weighted by atomic mass is 16.5. The van der Waals surface area contributed by atoms with Crippen molar-refractivity contribution in [3.05, 3.63) is 70.8 Å². The molecule has 0 aliphatic carbocycles. The molecule has 0 aliphatic heterocycles. The highest BCUT2D eigenvalue weighted by Crippen LogP contribution is 2.29. The van der Waals surface area contributed by atoms with Crippen molar-refractivity contribution in [1.82, 2.24) is 0 Å². The lowest BCUT2D eigenvalue weighted by molar-refractivity contribution is 0.0101. The Balaban J connectivity index is 2.45. The molecule has 20 heavy (non-hydrogen) atoms. The molecule has 0 N–H and O–H groups in total. The van der Waals surface area contributed by atoms with Crippen LogP contribution in [0.2, 0.25) is 0 Å². The van der Waals surface area contributed by atoms with E-state index in [4.69, 9.17) is 4.74 Å². The van der Waals surface area contributed by atoms with Gasteiger partial charge in [0.1, 0.15) is 0 Å². The second kappa shape index (κ2) is 5.59. The van der Waals surface area contributed by atoms with Gasteiger partial charge in [-0.25, -0.2) is 0 Å². The van der Waals surface area contributed by atoms with Gasteiger partial charge in [-0.05, 0) is 32.4 Å². The van der Waals surface area contributed by atoms with Gasteiger partial charge in [-0.15, -0.1) is 0 Å². The molecule has 1 atom stereocenters. The number of carbonyl (C=O) groups excluding carboxylic acids is 1. The Morgan fingerprint density at radius 3 is 2.20 bits per heavy atom. The molecule has 2 aromatic carbocycles. The van der Waals surface area contributed by atoms with E-state index in [1.54, 1.807) is 7.11 Å². The SMILES string of the molecule is COC(C)(C(=O)c1cccc(C)c1)c1ccc(C)cc1. The van der Waals surface area contributed by atoms with Gasteiger partial charge in [-0.1, -0.05) is 53.6 Å². The Bertz CT molecular complexity index is 614. The number of hydrogen-bond acceptors (Lipinski definition) is 2. The number of benzene rings is 2. The second-order valence-electron chi connectivity index (χ2n) is 5.30. The first-order valence-corrected chi connectivity index (χ1v) is 6.71. The molecule has 2 nitrogen and oxygen atoms in total. The molecule has 2 rings (SSSR count). The normalized spacial score (nSPS) is 13.8. The first kappa shape index (κ1) is 14.5. The van der Waals surface area contributed by atoms with Gasteiger partial charge in [-0.3, -0.25) is 4.79 Å². The number of Topliss-reactive ketones (excluding diaryl/α,β-unsaturated/α-hetero) is 1. The van der Waals surface area contributed by atoms with Crippen LogP contribution in [0.5, 0.6) is 0 Å². The van der Waals surface area contributed by atoms with Crippen molar-refractivity contribution < 1.29 is 9.53 Å². The number of carbonyl (C=O) groups is 1. The Morgan fingerprint density at radius 1 is 1.00 bits per heavy atom. The van der Waals surface area contributed by atoms with Gasteiger partial charge in [0, 0.05) is 12.7 Å². The zero-order valence-corrected chi connectivity index (χ0v) is 12.4. The lowest BCUT2D eigenvalue weighted by Gasteiger charge is -2.27. The Morgan fingerprint density at radius 2 is 1.65 bits per heavy atom. The lowest BCUT2D eigenvalue weighted by Crippen LogP contribution is -2.34. The third-order valence-electron chi connectivity index (χ3n) is 3.72. The highest BCUT2D eigenvalue weighted by Gasteiger charge is 2.35. The van der Waals surface area contributed by atoms with Crippen LogP contribution in [-0.4, -0.2) is 12.9 Å². The average molecular weight is 268 g/mol. The quantitative estimate of drug-likeness (QED) is 0.782. The molecular weight excluding hydrogens is 248 g/mol. The zero-order chi connectivity index (χ0) is 14.8. The van der Waals surface area contributed by atoms with E-state index in [9.17, 15) is 4.79 Å². The fourth-order valence-corrected chi connectivity index (χ4v) is 2.27. The largest absolute Gasteiger partial charge is 0.366 e. The standard InChI is InChI=1S/C18H20O2/c1-13-8-10-16(11-9-13)18(3,20-4)17(19)15-7-5-6-14(2)12-15/h5-12H,1-4H3. The van der Waals surface area contributed by atoms with Gasteiger partial charge >= 0.3 is 0 Å². The van der Waals surface area contributed by atoms with Crippen LogP contribution in [0.25, 0.3) is 0 Å². The van der Waals surface area contributed by atoms with Gasteiger partial charge in [0.25, 0.3) is 0 Å². The topological polar surface area (TPSA) is 26.3 Å². The summed E-state index contributed by atoms with van der Waals surface area (Å²) < 4.78 is 5.57. The molecule has 0 fully saturated rings. The summed E-state index contributed by atoms with van der Waals surface area (Å²) in [5, 5.41) is 0. The minimum absolute atomic E-state index is 0.0208. The van der Waals surface area contributed by atoms with Crippen LogP contribution < -0.4 is 0 Å². The maximum atomic E-state index is 12.8. The molecule has 2 aromatic rings. The number of ether oxygens (including phenoxy) is 1.